The molecular formula is C51H35IrN3S-2. The first-order valence-corrected chi connectivity index (χ1v) is 18.9. The topological polar surface area (TPSA) is 30.7 Å². The number of aromatic nitrogens is 3. The van der Waals surface area contributed by atoms with Gasteiger partial charge in [-0.2, -0.15) is 0 Å². The molecule has 0 amide bonds. The summed E-state index contributed by atoms with van der Waals surface area (Å²) >= 11 is 1.65. The first kappa shape index (κ1) is 33.1. The van der Waals surface area contributed by atoms with E-state index in [0.717, 1.165) is 55.9 Å². The Labute approximate surface area is 349 Å². The summed E-state index contributed by atoms with van der Waals surface area (Å²) in [7, 11) is 0. The van der Waals surface area contributed by atoms with Gasteiger partial charge in [-0.1, -0.05) is 167 Å². The van der Waals surface area contributed by atoms with Gasteiger partial charge in [-0.15, -0.1) is 41.3 Å². The molecule has 0 unspecified atom stereocenters. The van der Waals surface area contributed by atoms with Crippen molar-refractivity contribution >= 4 is 32.5 Å². The van der Waals surface area contributed by atoms with Crippen LogP contribution in [0.15, 0.2) is 194 Å². The van der Waals surface area contributed by atoms with Crippen LogP contribution in [0.3, 0.4) is 0 Å². The van der Waals surface area contributed by atoms with Gasteiger partial charge in [0.25, 0.3) is 0 Å². The molecule has 271 valence electrons. The Kier molecular flexibility index (Phi) is 9.85. The molecule has 3 nitrogen and oxygen atoms in total. The van der Waals surface area contributed by atoms with E-state index in [9.17, 15) is 0 Å². The van der Waals surface area contributed by atoms with E-state index in [4.69, 9.17) is 9.10 Å². The smallest absolute Gasteiger partial charge is 0.0774 e. The Hall–Kier alpha value is -6.23. The van der Waals surface area contributed by atoms with Crippen molar-refractivity contribution in [2.45, 2.75) is 6.85 Å². The molecule has 0 aliphatic carbocycles. The summed E-state index contributed by atoms with van der Waals surface area (Å²) < 4.78 is 25.3. The minimum atomic E-state index is -2.09. The molecule has 0 bridgehead atoms. The van der Waals surface area contributed by atoms with Crippen molar-refractivity contribution in [2.24, 2.45) is 0 Å². The first-order valence-electron chi connectivity index (χ1n) is 19.6. The largest absolute Gasteiger partial charge is 0.332 e. The molecule has 0 saturated heterocycles. The monoisotopic (exact) mass is 917 g/mol. The molecule has 0 spiro atoms. The number of thiophene rings is 1. The number of pyridine rings is 1. The van der Waals surface area contributed by atoms with E-state index < -0.39 is 6.85 Å². The molecule has 0 saturated carbocycles. The van der Waals surface area contributed by atoms with Crippen molar-refractivity contribution in [2.75, 3.05) is 0 Å². The van der Waals surface area contributed by atoms with Crippen molar-refractivity contribution in [1.29, 1.82) is 0 Å². The standard InChI is InChI=1S/C39H25N2S.C12H10N.Ir/c1-4-13-27(14-5-1)30-23-24-37-33(25-30)34(26-42-37)39-40-35-21-10-11-22-36(35)41(39)38-31(28-15-6-2-7-16-28)19-12-20-32(38)29-17-8-3-9-18-29;1-10-7-8-12(13-9-10)11-5-3-2-4-6-11;/h1-25H;2-5,7-9H,1H3;/q2*-1;/i;1D3;. The molecule has 0 aliphatic rings. The average Bonchev–Trinajstić information content (AvgIpc) is 3.88. The summed E-state index contributed by atoms with van der Waals surface area (Å²) in [6.45, 7) is -2.09. The van der Waals surface area contributed by atoms with Gasteiger partial charge in [0.15, 0.2) is 0 Å². The van der Waals surface area contributed by atoms with Crippen molar-refractivity contribution < 1.29 is 24.2 Å². The second-order valence-corrected chi connectivity index (χ2v) is 13.9. The maximum atomic E-state index is 7.23. The SMILES string of the molecule is [2H]C([2H])([2H])c1ccc(-c2[c-]cccc2)nc1.[Ir].[c-]1sc2ccc(-c3ccccc3)cc2c1-c1nc2ccccc2n1-c1c(-c2ccccc2)cccc1-c1ccccc1. The molecule has 0 atom stereocenters. The second-order valence-electron chi connectivity index (χ2n) is 13.1. The predicted octanol–water partition coefficient (Wildman–Crippen LogP) is 13.6. The third-order valence-corrected chi connectivity index (χ3v) is 10.5. The summed E-state index contributed by atoms with van der Waals surface area (Å²) in [5.74, 6) is 0.897. The number of benzene rings is 7. The third kappa shape index (κ3) is 7.41. The molecule has 10 rings (SSSR count). The Morgan fingerprint density at radius 1 is 0.607 bits per heavy atom. The summed E-state index contributed by atoms with van der Waals surface area (Å²) in [6.07, 6.45) is 1.39. The van der Waals surface area contributed by atoms with Crippen molar-refractivity contribution in [3.63, 3.8) is 0 Å². The van der Waals surface area contributed by atoms with Crippen LogP contribution in [0.5, 0.6) is 0 Å². The van der Waals surface area contributed by atoms with Crippen LogP contribution in [0, 0.1) is 18.3 Å². The van der Waals surface area contributed by atoms with Gasteiger partial charge in [0.1, 0.15) is 0 Å². The number of nitrogens with zero attached hydrogens (tertiary/aromatic N) is 3. The van der Waals surface area contributed by atoms with Gasteiger partial charge in [0, 0.05) is 41.5 Å². The maximum Gasteiger partial charge on any atom is 0.0774 e. The van der Waals surface area contributed by atoms with Crippen LogP contribution in [0.2, 0.25) is 0 Å². The maximum absolute atomic E-state index is 7.23. The Morgan fingerprint density at radius 2 is 1.27 bits per heavy atom. The zero-order valence-electron chi connectivity index (χ0n) is 33.1. The molecule has 1 radical (unpaired) electrons. The fraction of sp³-hybridized carbons (Fsp3) is 0.0196. The zero-order chi connectivity index (χ0) is 39.5. The average molecular weight is 917 g/mol. The number of fused-ring (bicyclic) bond motifs is 2. The van der Waals surface area contributed by atoms with Gasteiger partial charge in [-0.3, -0.25) is 16.3 Å². The first-order chi connectivity index (χ1) is 28.4. The van der Waals surface area contributed by atoms with Gasteiger partial charge < -0.3 is 9.55 Å². The summed E-state index contributed by atoms with van der Waals surface area (Å²) in [5, 5.41) is 4.82. The summed E-state index contributed by atoms with van der Waals surface area (Å²) in [4.78, 5) is 9.42. The zero-order valence-corrected chi connectivity index (χ0v) is 33.3. The number of para-hydroxylation sites is 3. The quantitative estimate of drug-likeness (QED) is 0.156. The molecule has 0 N–H and O–H groups in total. The van der Waals surface area contributed by atoms with Crippen LogP contribution >= 0.6 is 11.3 Å². The minimum absolute atomic E-state index is 0. The van der Waals surface area contributed by atoms with Crippen LogP contribution in [0.25, 0.3) is 82.8 Å². The van der Waals surface area contributed by atoms with Crippen LogP contribution in [-0.4, -0.2) is 14.5 Å². The van der Waals surface area contributed by atoms with E-state index >= 15 is 0 Å². The van der Waals surface area contributed by atoms with E-state index in [0.29, 0.717) is 0 Å². The van der Waals surface area contributed by atoms with Gasteiger partial charge in [0.2, 0.25) is 0 Å². The molecule has 3 aromatic heterocycles. The van der Waals surface area contributed by atoms with Crippen LogP contribution in [0.4, 0.5) is 0 Å². The summed E-state index contributed by atoms with van der Waals surface area (Å²) in [6, 6.07) is 67.4. The van der Waals surface area contributed by atoms with E-state index in [2.05, 4.69) is 173 Å². The normalized spacial score (nSPS) is 11.8. The van der Waals surface area contributed by atoms with Crippen molar-refractivity contribution in [1.82, 2.24) is 14.5 Å². The Bertz CT molecular complexity index is 2910. The molecule has 7 aromatic carbocycles. The Morgan fingerprint density at radius 3 is 1.91 bits per heavy atom. The molecular weight excluding hydrogens is 879 g/mol. The number of imidazole rings is 1. The predicted molar refractivity (Wildman–Crippen MR) is 230 cm³/mol. The summed E-state index contributed by atoms with van der Waals surface area (Å²) in [5.41, 5.74) is 13.0. The van der Waals surface area contributed by atoms with E-state index in [1.54, 1.807) is 29.5 Å². The van der Waals surface area contributed by atoms with E-state index in [-0.39, 0.29) is 25.7 Å². The molecule has 3 heterocycles. The molecule has 0 fully saturated rings. The molecule has 56 heavy (non-hydrogen) atoms. The number of hydrogen-bond donors (Lipinski definition) is 0. The van der Waals surface area contributed by atoms with Crippen molar-refractivity contribution in [3.05, 3.63) is 211 Å². The third-order valence-electron chi connectivity index (χ3n) is 9.58. The van der Waals surface area contributed by atoms with Gasteiger partial charge in [-0.25, -0.2) is 0 Å². The minimum Gasteiger partial charge on any atom is -0.332 e. The van der Waals surface area contributed by atoms with Gasteiger partial charge in [-0.05, 0) is 52.5 Å². The van der Waals surface area contributed by atoms with Gasteiger partial charge >= 0.3 is 0 Å². The van der Waals surface area contributed by atoms with Crippen LogP contribution in [-0.2, 0) is 20.1 Å². The second kappa shape index (κ2) is 16.6. The van der Waals surface area contributed by atoms with E-state index in [1.807, 2.05) is 18.2 Å². The fourth-order valence-corrected chi connectivity index (χ4v) is 7.78. The number of aryl methyl sites for hydroxylation is 1. The molecule has 0 aliphatic heterocycles. The fourth-order valence-electron chi connectivity index (χ4n) is 6.96. The Balaban J connectivity index is 0.000000240. The molecule has 5 heteroatoms. The van der Waals surface area contributed by atoms with Crippen LogP contribution in [0.1, 0.15) is 9.68 Å². The van der Waals surface area contributed by atoms with Gasteiger partial charge in [0.05, 0.1) is 22.5 Å². The van der Waals surface area contributed by atoms with Crippen LogP contribution < -0.4 is 0 Å². The van der Waals surface area contributed by atoms with Crippen molar-refractivity contribution in [3.8, 4) is 61.7 Å². The molecule has 10 aromatic rings. The van der Waals surface area contributed by atoms with E-state index in [1.165, 1.54) is 33.2 Å². The number of hydrogen-bond acceptors (Lipinski definition) is 3. The number of rotatable bonds is 6.